The Morgan fingerprint density at radius 2 is 2.18 bits per heavy atom. The summed E-state index contributed by atoms with van der Waals surface area (Å²) in [5, 5.41) is 9.15. The quantitative estimate of drug-likeness (QED) is 0.795. The van der Waals surface area contributed by atoms with Crippen molar-refractivity contribution < 1.29 is 9.84 Å². The molecule has 0 atom stereocenters. The maximum Gasteiger partial charge on any atom is 0.177 e. The van der Waals surface area contributed by atoms with Gasteiger partial charge >= 0.3 is 0 Å². The molecule has 1 aliphatic rings. The highest BCUT2D eigenvalue weighted by atomic mass is 32.1. The van der Waals surface area contributed by atoms with Gasteiger partial charge in [-0.3, -0.25) is 0 Å². The summed E-state index contributed by atoms with van der Waals surface area (Å²) in [5.41, 5.74) is 0.822. The minimum absolute atomic E-state index is 0.0105. The molecule has 0 amide bonds. The van der Waals surface area contributed by atoms with Crippen LogP contribution in [0.5, 0.6) is 0 Å². The second-order valence-electron chi connectivity index (χ2n) is 4.53. The number of imidazole rings is 1. The number of aliphatic hydroxyl groups excluding tert-OH is 1. The molecule has 0 unspecified atom stereocenters. The molecule has 0 saturated heterocycles. The number of aromatic nitrogens is 2. The lowest BCUT2D eigenvalue weighted by molar-refractivity contribution is 0.0234. The maximum atomic E-state index is 9.15. The van der Waals surface area contributed by atoms with Crippen molar-refractivity contribution in [3.8, 4) is 0 Å². The van der Waals surface area contributed by atoms with Crippen molar-refractivity contribution in [2.45, 2.75) is 51.4 Å². The van der Waals surface area contributed by atoms with Crippen LogP contribution in [0.25, 0.3) is 0 Å². The van der Waals surface area contributed by atoms with Gasteiger partial charge in [0.05, 0.1) is 25.0 Å². The Hall–Kier alpha value is -0.650. The van der Waals surface area contributed by atoms with Crippen molar-refractivity contribution >= 4 is 12.2 Å². The van der Waals surface area contributed by atoms with Crippen LogP contribution in [0, 0.1) is 4.77 Å². The molecule has 0 aromatic carbocycles. The summed E-state index contributed by atoms with van der Waals surface area (Å²) in [7, 11) is 0. The third kappa shape index (κ3) is 3.40. The number of hydrogen-bond donors (Lipinski definition) is 2. The van der Waals surface area contributed by atoms with Crippen LogP contribution in [-0.2, 0) is 17.9 Å². The highest BCUT2D eigenvalue weighted by Gasteiger charge is 2.13. The molecular formula is C12H20N2O2S. The van der Waals surface area contributed by atoms with Crippen LogP contribution >= 0.6 is 12.2 Å². The number of aromatic amines is 1. The third-order valence-corrected chi connectivity index (χ3v) is 3.67. The van der Waals surface area contributed by atoms with Gasteiger partial charge in [-0.15, -0.1) is 0 Å². The SMILES string of the molecule is OCc1c[nH]c(=S)n1CCOC1CCCCC1. The lowest BCUT2D eigenvalue weighted by Gasteiger charge is -2.22. The summed E-state index contributed by atoms with van der Waals surface area (Å²) in [6.45, 7) is 1.40. The lowest BCUT2D eigenvalue weighted by Crippen LogP contribution is -2.19. The van der Waals surface area contributed by atoms with E-state index in [1.165, 1.54) is 32.1 Å². The zero-order valence-electron chi connectivity index (χ0n) is 10.0. The van der Waals surface area contributed by atoms with E-state index in [4.69, 9.17) is 22.1 Å². The van der Waals surface area contributed by atoms with Crippen LogP contribution in [0.15, 0.2) is 6.20 Å². The van der Waals surface area contributed by atoms with E-state index in [1.807, 2.05) is 4.57 Å². The van der Waals surface area contributed by atoms with E-state index in [-0.39, 0.29) is 6.61 Å². The lowest BCUT2D eigenvalue weighted by atomic mass is 9.98. The van der Waals surface area contributed by atoms with Crippen LogP contribution in [-0.4, -0.2) is 27.4 Å². The predicted molar refractivity (Wildman–Crippen MR) is 68.4 cm³/mol. The first kappa shape index (κ1) is 12.8. The predicted octanol–water partition coefficient (Wildman–Crippen LogP) is 2.39. The van der Waals surface area contributed by atoms with Gasteiger partial charge in [0.1, 0.15) is 0 Å². The molecule has 0 spiro atoms. The smallest absolute Gasteiger partial charge is 0.177 e. The second kappa shape index (κ2) is 6.33. The molecule has 1 aliphatic carbocycles. The van der Waals surface area contributed by atoms with E-state index in [0.717, 1.165) is 5.69 Å². The van der Waals surface area contributed by atoms with Gasteiger partial charge in [-0.05, 0) is 25.1 Å². The molecule has 2 rings (SSSR count). The summed E-state index contributed by atoms with van der Waals surface area (Å²) in [4.78, 5) is 2.94. The molecule has 0 bridgehead atoms. The maximum absolute atomic E-state index is 9.15. The van der Waals surface area contributed by atoms with Gasteiger partial charge in [0.2, 0.25) is 0 Å². The van der Waals surface area contributed by atoms with Gasteiger partial charge in [0.25, 0.3) is 0 Å². The molecule has 1 aromatic heterocycles. The first-order valence-corrected chi connectivity index (χ1v) is 6.71. The number of nitrogens with one attached hydrogen (secondary N) is 1. The highest BCUT2D eigenvalue weighted by molar-refractivity contribution is 7.71. The topological polar surface area (TPSA) is 50.2 Å². The fourth-order valence-corrected chi connectivity index (χ4v) is 2.62. The number of H-pyrrole nitrogens is 1. The van der Waals surface area contributed by atoms with Crippen molar-refractivity contribution in [1.29, 1.82) is 0 Å². The highest BCUT2D eigenvalue weighted by Crippen LogP contribution is 2.20. The van der Waals surface area contributed by atoms with Gasteiger partial charge < -0.3 is 19.4 Å². The molecule has 1 fully saturated rings. The molecule has 5 heteroatoms. The number of ether oxygens (including phenoxy) is 1. The molecular weight excluding hydrogens is 236 g/mol. The summed E-state index contributed by atoms with van der Waals surface area (Å²) in [5.74, 6) is 0. The summed E-state index contributed by atoms with van der Waals surface area (Å²) in [6, 6.07) is 0. The van der Waals surface area contributed by atoms with Crippen molar-refractivity contribution in [3.05, 3.63) is 16.7 Å². The average Bonchev–Trinajstić information content (AvgIpc) is 2.72. The summed E-state index contributed by atoms with van der Waals surface area (Å²) < 4.78 is 8.40. The average molecular weight is 256 g/mol. The van der Waals surface area contributed by atoms with Gasteiger partial charge in [0.15, 0.2) is 4.77 Å². The Bertz CT molecular complexity index is 393. The Kier molecular flexibility index (Phi) is 4.76. The van der Waals surface area contributed by atoms with E-state index in [0.29, 0.717) is 24.0 Å². The Morgan fingerprint density at radius 3 is 2.88 bits per heavy atom. The minimum Gasteiger partial charge on any atom is -0.390 e. The monoisotopic (exact) mass is 256 g/mol. The van der Waals surface area contributed by atoms with Gasteiger partial charge in [-0.1, -0.05) is 19.3 Å². The van der Waals surface area contributed by atoms with E-state index >= 15 is 0 Å². The third-order valence-electron chi connectivity index (χ3n) is 3.34. The zero-order chi connectivity index (χ0) is 12.1. The Morgan fingerprint density at radius 1 is 1.41 bits per heavy atom. The van der Waals surface area contributed by atoms with Crippen molar-refractivity contribution in [1.82, 2.24) is 9.55 Å². The molecule has 0 aliphatic heterocycles. The number of aliphatic hydroxyl groups is 1. The standard InChI is InChI=1S/C12H20N2O2S/c15-9-10-8-13-12(17)14(10)6-7-16-11-4-2-1-3-5-11/h8,11,15H,1-7,9H2,(H,13,17). The second-order valence-corrected chi connectivity index (χ2v) is 4.91. The largest absolute Gasteiger partial charge is 0.390 e. The van der Waals surface area contributed by atoms with Gasteiger partial charge in [-0.2, -0.15) is 0 Å². The summed E-state index contributed by atoms with van der Waals surface area (Å²) >= 11 is 5.15. The number of hydrogen-bond acceptors (Lipinski definition) is 3. The molecule has 2 N–H and O–H groups in total. The van der Waals surface area contributed by atoms with Crippen molar-refractivity contribution in [3.63, 3.8) is 0 Å². The van der Waals surface area contributed by atoms with Crippen LogP contribution in [0.1, 0.15) is 37.8 Å². The molecule has 1 aromatic rings. The minimum atomic E-state index is 0.0105. The summed E-state index contributed by atoms with van der Waals surface area (Å²) in [6.07, 6.45) is 8.47. The molecule has 1 heterocycles. The van der Waals surface area contributed by atoms with Crippen LogP contribution < -0.4 is 0 Å². The van der Waals surface area contributed by atoms with E-state index in [1.54, 1.807) is 6.20 Å². The fourth-order valence-electron chi connectivity index (χ4n) is 2.35. The number of nitrogens with zero attached hydrogens (tertiary/aromatic N) is 1. The number of rotatable bonds is 5. The van der Waals surface area contributed by atoms with Gasteiger partial charge in [-0.25, -0.2) is 0 Å². The zero-order valence-corrected chi connectivity index (χ0v) is 10.8. The van der Waals surface area contributed by atoms with E-state index < -0.39 is 0 Å². The first-order valence-electron chi connectivity index (χ1n) is 6.31. The van der Waals surface area contributed by atoms with Crippen LogP contribution in [0.2, 0.25) is 0 Å². The fraction of sp³-hybridized carbons (Fsp3) is 0.750. The van der Waals surface area contributed by atoms with Gasteiger partial charge in [0, 0.05) is 12.7 Å². The Balaban J connectivity index is 1.81. The van der Waals surface area contributed by atoms with Crippen molar-refractivity contribution in [2.24, 2.45) is 0 Å². The van der Waals surface area contributed by atoms with E-state index in [2.05, 4.69) is 4.98 Å². The van der Waals surface area contributed by atoms with E-state index in [9.17, 15) is 0 Å². The molecule has 4 nitrogen and oxygen atoms in total. The molecule has 17 heavy (non-hydrogen) atoms. The van der Waals surface area contributed by atoms with Crippen molar-refractivity contribution in [2.75, 3.05) is 6.61 Å². The molecule has 96 valence electrons. The van der Waals surface area contributed by atoms with Crippen LogP contribution in [0.4, 0.5) is 0 Å². The van der Waals surface area contributed by atoms with Crippen LogP contribution in [0.3, 0.4) is 0 Å². The Labute approximate surface area is 107 Å². The molecule has 1 saturated carbocycles. The molecule has 0 radical (unpaired) electrons. The first-order chi connectivity index (χ1) is 8.31. The normalized spacial score (nSPS) is 17.5.